The molecule has 9 nitrogen and oxygen atoms in total. The molecule has 1 aromatic carbocycles. The van der Waals surface area contributed by atoms with E-state index in [4.69, 9.17) is 9.47 Å². The molecular weight excluding hydrogens is 392 g/mol. The molecule has 30 heavy (non-hydrogen) atoms. The number of aliphatic carboxylic acids is 1. The number of carboxylic acid groups (broad SMARTS) is 1. The lowest BCUT2D eigenvalue weighted by Crippen LogP contribution is -2.44. The van der Waals surface area contributed by atoms with Crippen LogP contribution in [-0.2, 0) is 19.1 Å². The SMILES string of the molecule is COCCOC(=O)C1=C(c2cccc([N+](=O)[O-])c2)C(C(=O)O)=C(C)N(C(C)C)C1C. The first-order valence-corrected chi connectivity index (χ1v) is 9.49. The number of nitro benzene ring substituents is 1. The van der Waals surface area contributed by atoms with E-state index in [9.17, 15) is 24.8 Å². The van der Waals surface area contributed by atoms with Crippen LogP contribution in [0, 0.1) is 10.1 Å². The van der Waals surface area contributed by atoms with Crippen LogP contribution in [0.1, 0.15) is 33.3 Å². The lowest BCUT2D eigenvalue weighted by molar-refractivity contribution is -0.384. The fourth-order valence-corrected chi connectivity index (χ4v) is 3.82. The summed E-state index contributed by atoms with van der Waals surface area (Å²) in [6.07, 6.45) is 0. The van der Waals surface area contributed by atoms with Crippen molar-refractivity contribution in [2.24, 2.45) is 0 Å². The monoisotopic (exact) mass is 418 g/mol. The van der Waals surface area contributed by atoms with E-state index in [2.05, 4.69) is 0 Å². The first kappa shape index (κ1) is 23.1. The molecular formula is C21H26N2O7. The molecule has 1 N–H and O–H groups in total. The number of methoxy groups -OCH3 is 1. The van der Waals surface area contributed by atoms with Crippen LogP contribution in [0.25, 0.3) is 5.57 Å². The van der Waals surface area contributed by atoms with Gasteiger partial charge in [-0.25, -0.2) is 9.59 Å². The maximum Gasteiger partial charge on any atom is 0.338 e. The molecule has 0 spiro atoms. The minimum absolute atomic E-state index is 0.000546. The van der Waals surface area contributed by atoms with E-state index < -0.39 is 22.9 Å². The molecule has 0 radical (unpaired) electrons. The number of rotatable bonds is 8. The highest BCUT2D eigenvalue weighted by molar-refractivity contribution is 6.14. The Labute approximate surface area is 174 Å². The second-order valence-electron chi connectivity index (χ2n) is 7.17. The number of hydrogen-bond acceptors (Lipinski definition) is 7. The van der Waals surface area contributed by atoms with Gasteiger partial charge in [0, 0.05) is 36.6 Å². The average molecular weight is 418 g/mol. The summed E-state index contributed by atoms with van der Waals surface area (Å²) >= 11 is 0. The van der Waals surface area contributed by atoms with Crippen molar-refractivity contribution in [3.05, 3.63) is 56.8 Å². The molecule has 1 aromatic rings. The molecule has 1 aliphatic heterocycles. The van der Waals surface area contributed by atoms with E-state index in [1.165, 1.54) is 25.3 Å². The summed E-state index contributed by atoms with van der Waals surface area (Å²) < 4.78 is 10.2. The Hall–Kier alpha value is -3.20. The highest BCUT2D eigenvalue weighted by Crippen LogP contribution is 2.40. The van der Waals surface area contributed by atoms with Crippen molar-refractivity contribution < 1.29 is 29.1 Å². The van der Waals surface area contributed by atoms with Crippen LogP contribution in [-0.4, -0.2) is 59.3 Å². The Morgan fingerprint density at radius 2 is 1.97 bits per heavy atom. The highest BCUT2D eigenvalue weighted by atomic mass is 16.6. The van der Waals surface area contributed by atoms with Crippen molar-refractivity contribution in [3.63, 3.8) is 0 Å². The molecule has 162 valence electrons. The topological polar surface area (TPSA) is 119 Å². The third-order valence-corrected chi connectivity index (χ3v) is 4.96. The zero-order valence-corrected chi connectivity index (χ0v) is 17.7. The highest BCUT2D eigenvalue weighted by Gasteiger charge is 2.39. The molecule has 0 saturated carbocycles. The van der Waals surface area contributed by atoms with Crippen LogP contribution in [0.3, 0.4) is 0 Å². The molecule has 1 aliphatic rings. The Morgan fingerprint density at radius 1 is 1.30 bits per heavy atom. The number of allylic oxidation sites excluding steroid dienone is 1. The number of hydrogen-bond donors (Lipinski definition) is 1. The van der Waals surface area contributed by atoms with Crippen LogP contribution in [0.15, 0.2) is 41.1 Å². The number of carboxylic acids is 1. The minimum Gasteiger partial charge on any atom is -0.478 e. The largest absolute Gasteiger partial charge is 0.478 e. The van der Waals surface area contributed by atoms with Gasteiger partial charge in [-0.3, -0.25) is 10.1 Å². The predicted octanol–water partition coefficient (Wildman–Crippen LogP) is 3.01. The summed E-state index contributed by atoms with van der Waals surface area (Å²) in [5, 5.41) is 21.3. The van der Waals surface area contributed by atoms with Crippen LogP contribution in [0.2, 0.25) is 0 Å². The standard InChI is InChI=1S/C21H26N2O7/c1-12(2)22-13(3)17(20(24)25)19(15-7-6-8-16(11-15)23(27)28)18(14(22)4)21(26)30-10-9-29-5/h6-8,11-12,14H,9-10H2,1-5H3,(H,24,25). The van der Waals surface area contributed by atoms with Gasteiger partial charge >= 0.3 is 11.9 Å². The van der Waals surface area contributed by atoms with Gasteiger partial charge in [0.15, 0.2) is 0 Å². The summed E-state index contributed by atoms with van der Waals surface area (Å²) in [7, 11) is 1.47. The lowest BCUT2D eigenvalue weighted by atomic mass is 9.84. The van der Waals surface area contributed by atoms with Crippen molar-refractivity contribution in [2.75, 3.05) is 20.3 Å². The maximum atomic E-state index is 13.0. The Balaban J connectivity index is 2.80. The molecule has 2 rings (SSSR count). The molecule has 1 atom stereocenters. The number of carbonyl (C=O) groups is 2. The Bertz CT molecular complexity index is 918. The van der Waals surface area contributed by atoms with Gasteiger partial charge < -0.3 is 19.5 Å². The van der Waals surface area contributed by atoms with Gasteiger partial charge in [-0.05, 0) is 33.3 Å². The van der Waals surface area contributed by atoms with Crippen LogP contribution >= 0.6 is 0 Å². The first-order chi connectivity index (χ1) is 14.1. The Kier molecular flexibility index (Phi) is 7.33. The van der Waals surface area contributed by atoms with Crippen LogP contribution < -0.4 is 0 Å². The number of nitrogens with zero attached hydrogens (tertiary/aromatic N) is 2. The summed E-state index contributed by atoms with van der Waals surface area (Å²) in [4.78, 5) is 37.8. The third-order valence-electron chi connectivity index (χ3n) is 4.96. The van der Waals surface area contributed by atoms with E-state index in [-0.39, 0.29) is 47.2 Å². The van der Waals surface area contributed by atoms with Crippen molar-refractivity contribution in [2.45, 2.75) is 39.8 Å². The minimum atomic E-state index is -1.23. The van der Waals surface area contributed by atoms with Crippen molar-refractivity contribution >= 4 is 23.2 Å². The fourth-order valence-electron chi connectivity index (χ4n) is 3.82. The van der Waals surface area contributed by atoms with Gasteiger partial charge in [0.05, 0.1) is 28.7 Å². The van der Waals surface area contributed by atoms with E-state index in [1.807, 2.05) is 18.7 Å². The number of non-ortho nitro benzene ring substituents is 1. The second-order valence-corrected chi connectivity index (χ2v) is 7.17. The smallest absolute Gasteiger partial charge is 0.338 e. The summed E-state index contributed by atoms with van der Waals surface area (Å²) in [6.45, 7) is 7.43. The van der Waals surface area contributed by atoms with Crippen molar-refractivity contribution in [1.29, 1.82) is 0 Å². The number of esters is 1. The zero-order chi connectivity index (χ0) is 22.6. The van der Waals surface area contributed by atoms with Crippen LogP contribution in [0.4, 0.5) is 5.69 Å². The molecule has 0 bridgehead atoms. The van der Waals surface area contributed by atoms with Gasteiger partial charge in [0.2, 0.25) is 0 Å². The van der Waals surface area contributed by atoms with Gasteiger partial charge in [-0.2, -0.15) is 0 Å². The van der Waals surface area contributed by atoms with E-state index in [0.29, 0.717) is 5.70 Å². The molecule has 1 heterocycles. The van der Waals surface area contributed by atoms with Gasteiger partial charge in [0.25, 0.3) is 5.69 Å². The zero-order valence-electron chi connectivity index (χ0n) is 17.7. The molecule has 0 amide bonds. The molecule has 0 fully saturated rings. The molecule has 9 heteroatoms. The number of carbonyl (C=O) groups excluding carboxylic acids is 1. The Morgan fingerprint density at radius 3 is 2.50 bits per heavy atom. The van der Waals surface area contributed by atoms with E-state index in [1.54, 1.807) is 19.9 Å². The quantitative estimate of drug-likeness (QED) is 0.296. The normalized spacial score (nSPS) is 16.9. The molecule has 1 unspecified atom stereocenters. The van der Waals surface area contributed by atoms with Gasteiger partial charge in [-0.15, -0.1) is 0 Å². The summed E-state index contributed by atoms with van der Waals surface area (Å²) in [5.74, 6) is -1.91. The second kappa shape index (κ2) is 9.53. The molecule has 0 aromatic heterocycles. The average Bonchev–Trinajstić information content (AvgIpc) is 2.67. The van der Waals surface area contributed by atoms with Gasteiger partial charge in [0.1, 0.15) is 6.61 Å². The first-order valence-electron chi connectivity index (χ1n) is 9.49. The summed E-state index contributed by atoms with van der Waals surface area (Å²) in [5.41, 5.74) is 0.739. The summed E-state index contributed by atoms with van der Waals surface area (Å²) in [6, 6.07) is 5.00. The maximum absolute atomic E-state index is 13.0. The number of benzene rings is 1. The van der Waals surface area contributed by atoms with Crippen molar-refractivity contribution in [1.82, 2.24) is 4.90 Å². The van der Waals surface area contributed by atoms with E-state index in [0.717, 1.165) is 0 Å². The molecule has 0 saturated heterocycles. The lowest BCUT2D eigenvalue weighted by Gasteiger charge is -2.41. The predicted molar refractivity (Wildman–Crippen MR) is 110 cm³/mol. The molecule has 0 aliphatic carbocycles. The number of ether oxygens (including phenoxy) is 2. The van der Waals surface area contributed by atoms with E-state index >= 15 is 0 Å². The third kappa shape index (κ3) is 4.51. The number of nitro groups is 1. The fraction of sp³-hybridized carbons (Fsp3) is 0.429. The van der Waals surface area contributed by atoms with Gasteiger partial charge in [-0.1, -0.05) is 12.1 Å². The van der Waals surface area contributed by atoms with Crippen molar-refractivity contribution in [3.8, 4) is 0 Å². The van der Waals surface area contributed by atoms with Crippen LogP contribution in [0.5, 0.6) is 0 Å².